The predicted molar refractivity (Wildman–Crippen MR) is 90.1 cm³/mol. The molecule has 0 saturated carbocycles. The Labute approximate surface area is 118 Å². The van der Waals surface area contributed by atoms with Gasteiger partial charge in [0.25, 0.3) is 0 Å². The van der Waals surface area contributed by atoms with E-state index < -0.39 is 7.26 Å². The Morgan fingerprint density at radius 1 is 1.33 bits per heavy atom. The molecule has 1 heterocycles. The molecule has 1 nitrogen and oxygen atoms in total. The van der Waals surface area contributed by atoms with Crippen LogP contribution in [0.15, 0.2) is 23.0 Å². The summed E-state index contributed by atoms with van der Waals surface area (Å²) in [5, 5.41) is 3.72. The van der Waals surface area contributed by atoms with Crippen molar-refractivity contribution >= 4 is 19.0 Å². The smallest absolute Gasteiger partial charge is 0.165 e. The second-order valence-corrected chi connectivity index (χ2v) is 11.5. The van der Waals surface area contributed by atoms with Gasteiger partial charge in [-0.15, -0.1) is 18.3 Å². The number of hydrogen-bond donors (Lipinski definition) is 1. The average molecular weight is 286 g/mol. The molecule has 1 aliphatic heterocycles. The van der Waals surface area contributed by atoms with Gasteiger partial charge >= 0.3 is 0 Å². The predicted octanol–water partition coefficient (Wildman–Crippen LogP) is 4.92. The molecule has 1 atom stereocenters. The number of unbranched alkanes of at least 4 members (excludes halogenated alkanes) is 3. The second kappa shape index (κ2) is 7.60. The Balaban J connectivity index is 2.68. The van der Waals surface area contributed by atoms with Crippen molar-refractivity contribution in [2.45, 2.75) is 45.1 Å². The van der Waals surface area contributed by atoms with Gasteiger partial charge < -0.3 is 5.32 Å². The maximum atomic E-state index is 3.93. The van der Waals surface area contributed by atoms with Gasteiger partial charge in [0.15, 0.2) is 5.44 Å². The molecular weight excluding hydrogens is 257 g/mol. The fourth-order valence-corrected chi connectivity index (χ4v) is 5.67. The zero-order valence-corrected chi connectivity index (χ0v) is 14.2. The van der Waals surface area contributed by atoms with E-state index in [0.29, 0.717) is 6.04 Å². The lowest BCUT2D eigenvalue weighted by Gasteiger charge is -2.29. The molecule has 1 unspecified atom stereocenters. The van der Waals surface area contributed by atoms with E-state index in [-0.39, 0.29) is 0 Å². The van der Waals surface area contributed by atoms with Crippen molar-refractivity contribution in [2.24, 2.45) is 0 Å². The van der Waals surface area contributed by atoms with Crippen LogP contribution in [0, 0.1) is 0 Å². The number of allylic oxidation sites excluding steroid dienone is 1. The van der Waals surface area contributed by atoms with E-state index in [4.69, 9.17) is 0 Å². The molecular formula is C15H29NPS+. The highest BCUT2D eigenvalue weighted by atomic mass is 32.2. The van der Waals surface area contributed by atoms with E-state index in [9.17, 15) is 0 Å². The van der Waals surface area contributed by atoms with Gasteiger partial charge in [0.1, 0.15) is 0 Å². The molecule has 1 rings (SSSR count). The lowest BCUT2D eigenvalue weighted by atomic mass is 10.1. The monoisotopic (exact) mass is 286 g/mol. The normalized spacial score (nSPS) is 20.8. The van der Waals surface area contributed by atoms with Crippen molar-refractivity contribution in [1.29, 1.82) is 0 Å². The molecule has 0 bridgehead atoms. The average Bonchev–Trinajstić information content (AvgIpc) is 2.33. The number of hydrogen-bond acceptors (Lipinski definition) is 2. The van der Waals surface area contributed by atoms with Gasteiger partial charge in [-0.05, 0) is 12.8 Å². The molecule has 3 heteroatoms. The Hall–Kier alpha value is 0.0600. The minimum absolute atomic E-state index is 0.462. The number of thioether (sulfide) groups is 1. The van der Waals surface area contributed by atoms with Gasteiger partial charge in [0.05, 0.1) is 33.3 Å². The van der Waals surface area contributed by atoms with Crippen LogP contribution in [-0.4, -0.2) is 31.8 Å². The SMILES string of the molecule is C=CC1CSC(CCCCCC)=C([P+](C)(C)C)N1. The minimum atomic E-state index is -0.953. The van der Waals surface area contributed by atoms with Gasteiger partial charge in [-0.3, -0.25) is 0 Å². The van der Waals surface area contributed by atoms with Crippen molar-refractivity contribution in [3.63, 3.8) is 0 Å². The van der Waals surface area contributed by atoms with E-state index in [0.717, 1.165) is 5.75 Å². The zero-order valence-electron chi connectivity index (χ0n) is 12.5. The topological polar surface area (TPSA) is 12.0 Å². The van der Waals surface area contributed by atoms with Gasteiger partial charge in [0.2, 0.25) is 0 Å². The molecule has 0 amide bonds. The lowest BCUT2D eigenvalue weighted by Crippen LogP contribution is -2.33. The number of rotatable bonds is 7. The Kier molecular flexibility index (Phi) is 6.81. The van der Waals surface area contributed by atoms with Crippen LogP contribution in [0.1, 0.15) is 39.0 Å². The summed E-state index contributed by atoms with van der Waals surface area (Å²) in [6.45, 7) is 13.4. The molecule has 0 spiro atoms. The Bertz CT molecular complexity index is 304. The standard InChI is InChI=1S/C15H29NPS/c1-6-8-9-10-11-14-15(17(3,4)5)16-13(7-2)12-18-14/h7,13,16H,2,6,8-12H2,1,3-5H3/q+1. The Morgan fingerprint density at radius 3 is 2.61 bits per heavy atom. The third kappa shape index (κ3) is 4.97. The molecule has 0 aromatic rings. The maximum absolute atomic E-state index is 3.93. The first kappa shape index (κ1) is 16.1. The third-order valence-electron chi connectivity index (χ3n) is 3.24. The van der Waals surface area contributed by atoms with Crippen LogP contribution >= 0.6 is 19.0 Å². The quantitative estimate of drug-likeness (QED) is 0.405. The molecule has 0 aromatic carbocycles. The summed E-state index contributed by atoms with van der Waals surface area (Å²) in [6, 6.07) is 0.462. The molecule has 0 aromatic heterocycles. The molecule has 18 heavy (non-hydrogen) atoms. The second-order valence-electron chi connectivity index (χ2n) is 5.89. The van der Waals surface area contributed by atoms with Crippen molar-refractivity contribution in [2.75, 3.05) is 25.7 Å². The van der Waals surface area contributed by atoms with E-state index in [1.807, 2.05) is 0 Å². The van der Waals surface area contributed by atoms with Crippen molar-refractivity contribution < 1.29 is 0 Å². The van der Waals surface area contributed by atoms with Gasteiger partial charge in [0, 0.05) is 10.7 Å². The summed E-state index contributed by atoms with van der Waals surface area (Å²) in [5.41, 5.74) is 1.56. The molecule has 0 saturated heterocycles. The third-order valence-corrected chi connectivity index (χ3v) is 6.41. The van der Waals surface area contributed by atoms with E-state index >= 15 is 0 Å². The maximum Gasteiger partial charge on any atom is 0.165 e. The van der Waals surface area contributed by atoms with E-state index in [1.165, 1.54) is 32.1 Å². The fourth-order valence-electron chi connectivity index (χ4n) is 2.15. The largest absolute Gasteiger partial charge is 0.349 e. The van der Waals surface area contributed by atoms with E-state index in [2.05, 4.69) is 56.7 Å². The summed E-state index contributed by atoms with van der Waals surface area (Å²) >= 11 is 2.06. The van der Waals surface area contributed by atoms with Crippen LogP contribution in [0.5, 0.6) is 0 Å². The molecule has 0 aliphatic carbocycles. The van der Waals surface area contributed by atoms with Crippen molar-refractivity contribution in [1.82, 2.24) is 5.32 Å². The Morgan fingerprint density at radius 2 is 2.06 bits per heavy atom. The van der Waals surface area contributed by atoms with Crippen LogP contribution in [0.2, 0.25) is 0 Å². The first-order valence-electron chi connectivity index (χ1n) is 7.06. The number of nitrogens with one attached hydrogen (secondary N) is 1. The van der Waals surface area contributed by atoms with Gasteiger partial charge in [-0.1, -0.05) is 32.3 Å². The van der Waals surface area contributed by atoms with Gasteiger partial charge in [-0.2, -0.15) is 0 Å². The molecule has 0 radical (unpaired) electrons. The minimum Gasteiger partial charge on any atom is -0.349 e. The molecule has 104 valence electrons. The molecule has 1 N–H and O–H groups in total. The lowest BCUT2D eigenvalue weighted by molar-refractivity contribution is 0.664. The highest BCUT2D eigenvalue weighted by Crippen LogP contribution is 2.58. The van der Waals surface area contributed by atoms with Crippen LogP contribution in [0.25, 0.3) is 0 Å². The fraction of sp³-hybridized carbons (Fsp3) is 0.733. The highest BCUT2D eigenvalue weighted by molar-refractivity contribution is 8.03. The van der Waals surface area contributed by atoms with Crippen LogP contribution in [-0.2, 0) is 0 Å². The van der Waals surface area contributed by atoms with Crippen LogP contribution in [0.4, 0.5) is 0 Å². The van der Waals surface area contributed by atoms with Gasteiger partial charge in [-0.25, -0.2) is 0 Å². The first-order valence-corrected chi connectivity index (χ1v) is 11.2. The van der Waals surface area contributed by atoms with Crippen molar-refractivity contribution in [3.05, 3.63) is 23.0 Å². The van der Waals surface area contributed by atoms with E-state index in [1.54, 1.807) is 10.3 Å². The van der Waals surface area contributed by atoms with Crippen LogP contribution < -0.4 is 5.32 Å². The molecule has 1 aliphatic rings. The summed E-state index contributed by atoms with van der Waals surface area (Å²) in [7, 11) is -0.953. The zero-order chi connectivity index (χ0) is 13.6. The summed E-state index contributed by atoms with van der Waals surface area (Å²) < 4.78 is 0. The van der Waals surface area contributed by atoms with Crippen molar-refractivity contribution in [3.8, 4) is 0 Å². The molecule has 0 fully saturated rings. The summed E-state index contributed by atoms with van der Waals surface area (Å²) in [5.74, 6) is 1.15. The summed E-state index contributed by atoms with van der Waals surface area (Å²) in [6.07, 6.45) is 8.74. The first-order chi connectivity index (χ1) is 8.49. The van der Waals surface area contributed by atoms with Crippen LogP contribution in [0.3, 0.4) is 0 Å². The summed E-state index contributed by atoms with van der Waals surface area (Å²) in [4.78, 5) is 1.63. The highest BCUT2D eigenvalue weighted by Gasteiger charge is 2.33.